The molecule has 0 fully saturated rings. The maximum Gasteiger partial charge on any atom is 0.341 e. The lowest BCUT2D eigenvalue weighted by Gasteiger charge is -2.09. The van der Waals surface area contributed by atoms with Gasteiger partial charge in [-0.15, -0.1) is 0 Å². The largest absolute Gasteiger partial charge is 0.497 e. The van der Waals surface area contributed by atoms with Gasteiger partial charge in [-0.25, -0.2) is 4.79 Å². The van der Waals surface area contributed by atoms with Crippen molar-refractivity contribution >= 4 is 5.97 Å². The van der Waals surface area contributed by atoms with Crippen molar-refractivity contribution in [3.05, 3.63) is 47.8 Å². The zero-order chi connectivity index (χ0) is 13.8. The molecule has 0 amide bonds. The third-order valence-corrected chi connectivity index (χ3v) is 2.52. The van der Waals surface area contributed by atoms with Gasteiger partial charge in [-0.2, -0.15) is 0 Å². The number of carboxylic acids is 1. The molecule has 1 aromatic carbocycles. The van der Waals surface area contributed by atoms with E-state index in [0.717, 1.165) is 0 Å². The normalized spacial score (nSPS) is 10.0. The number of rotatable bonds is 4. The number of hydrogen-bond donors (Lipinski definition) is 1. The van der Waals surface area contributed by atoms with Gasteiger partial charge in [-0.05, 0) is 31.2 Å². The Kier molecular flexibility index (Phi) is 3.66. The molecule has 2 aromatic rings. The Labute approximate surface area is 110 Å². The van der Waals surface area contributed by atoms with E-state index in [1.54, 1.807) is 44.4 Å². The Morgan fingerprint density at radius 2 is 1.84 bits per heavy atom. The van der Waals surface area contributed by atoms with Crippen LogP contribution in [0.5, 0.6) is 17.2 Å². The van der Waals surface area contributed by atoms with E-state index in [9.17, 15) is 4.79 Å². The zero-order valence-electron chi connectivity index (χ0n) is 10.6. The van der Waals surface area contributed by atoms with Gasteiger partial charge in [0.25, 0.3) is 0 Å². The van der Waals surface area contributed by atoms with Crippen LogP contribution in [-0.4, -0.2) is 23.2 Å². The summed E-state index contributed by atoms with van der Waals surface area (Å²) in [6.07, 6.45) is 1.29. The molecule has 0 saturated carbocycles. The molecule has 0 aliphatic rings. The number of aryl methyl sites for hydroxylation is 1. The third-order valence-electron chi connectivity index (χ3n) is 2.52. The molecule has 0 saturated heterocycles. The highest BCUT2D eigenvalue weighted by atomic mass is 16.5. The van der Waals surface area contributed by atoms with Gasteiger partial charge in [0.1, 0.15) is 22.8 Å². The molecular formula is C14H13NO4. The van der Waals surface area contributed by atoms with Crippen molar-refractivity contribution in [3.8, 4) is 17.2 Å². The standard InChI is InChI=1S/C14H13NO4/c1-9-7-13(12(8-15-9)14(16)17)19-11-5-3-10(18-2)4-6-11/h3-8H,1-2H3,(H,16,17). The van der Waals surface area contributed by atoms with Gasteiger partial charge >= 0.3 is 5.97 Å². The molecule has 5 heteroatoms. The Morgan fingerprint density at radius 1 is 1.21 bits per heavy atom. The van der Waals surface area contributed by atoms with Crippen molar-refractivity contribution in [2.75, 3.05) is 7.11 Å². The van der Waals surface area contributed by atoms with E-state index in [2.05, 4.69) is 4.98 Å². The van der Waals surface area contributed by atoms with Crippen LogP contribution in [0.25, 0.3) is 0 Å². The van der Waals surface area contributed by atoms with Crippen LogP contribution in [0.2, 0.25) is 0 Å². The number of pyridine rings is 1. The molecule has 2 rings (SSSR count). The summed E-state index contributed by atoms with van der Waals surface area (Å²) in [7, 11) is 1.57. The second kappa shape index (κ2) is 5.39. The topological polar surface area (TPSA) is 68.7 Å². The van der Waals surface area contributed by atoms with Crippen molar-refractivity contribution in [3.63, 3.8) is 0 Å². The van der Waals surface area contributed by atoms with Crippen molar-refractivity contribution in [1.29, 1.82) is 0 Å². The second-order valence-corrected chi connectivity index (χ2v) is 3.90. The number of ether oxygens (including phenoxy) is 2. The molecular weight excluding hydrogens is 246 g/mol. The minimum absolute atomic E-state index is 0.0291. The Morgan fingerprint density at radius 3 is 2.42 bits per heavy atom. The molecule has 0 atom stereocenters. The second-order valence-electron chi connectivity index (χ2n) is 3.90. The number of carboxylic acid groups (broad SMARTS) is 1. The number of methoxy groups -OCH3 is 1. The molecule has 0 spiro atoms. The molecule has 0 aliphatic carbocycles. The molecule has 0 bridgehead atoms. The molecule has 1 N–H and O–H groups in total. The number of carbonyl (C=O) groups is 1. The van der Waals surface area contributed by atoms with E-state index in [0.29, 0.717) is 17.2 Å². The fraction of sp³-hybridized carbons (Fsp3) is 0.143. The first kappa shape index (κ1) is 12.9. The number of nitrogens with zero attached hydrogens (tertiary/aromatic N) is 1. The number of hydrogen-bond acceptors (Lipinski definition) is 4. The van der Waals surface area contributed by atoms with Crippen LogP contribution < -0.4 is 9.47 Å². The van der Waals surface area contributed by atoms with Crippen molar-refractivity contribution in [2.45, 2.75) is 6.92 Å². The predicted molar refractivity (Wildman–Crippen MR) is 69.0 cm³/mol. The molecule has 0 unspecified atom stereocenters. The highest BCUT2D eigenvalue weighted by molar-refractivity contribution is 5.90. The lowest BCUT2D eigenvalue weighted by atomic mass is 10.2. The van der Waals surface area contributed by atoms with Crippen molar-refractivity contribution in [2.24, 2.45) is 0 Å². The molecule has 98 valence electrons. The van der Waals surface area contributed by atoms with Gasteiger partial charge in [0, 0.05) is 18.0 Å². The quantitative estimate of drug-likeness (QED) is 0.914. The number of benzene rings is 1. The monoisotopic (exact) mass is 259 g/mol. The first-order valence-corrected chi connectivity index (χ1v) is 5.62. The average molecular weight is 259 g/mol. The maximum atomic E-state index is 11.1. The Bertz CT molecular complexity index is 593. The summed E-state index contributed by atoms with van der Waals surface area (Å²) in [6.45, 7) is 1.77. The van der Waals surface area contributed by atoms with Crippen molar-refractivity contribution in [1.82, 2.24) is 4.98 Å². The number of aromatic nitrogens is 1. The van der Waals surface area contributed by atoms with Crippen LogP contribution in [-0.2, 0) is 0 Å². The molecule has 1 heterocycles. The van der Waals surface area contributed by atoms with Crippen LogP contribution in [0.1, 0.15) is 16.1 Å². The summed E-state index contributed by atoms with van der Waals surface area (Å²) < 4.78 is 10.6. The average Bonchev–Trinajstić information content (AvgIpc) is 2.39. The van der Waals surface area contributed by atoms with E-state index in [1.165, 1.54) is 6.20 Å². The van der Waals surface area contributed by atoms with Crippen LogP contribution >= 0.6 is 0 Å². The van der Waals surface area contributed by atoms with Crippen LogP contribution in [0.3, 0.4) is 0 Å². The first-order valence-electron chi connectivity index (χ1n) is 5.62. The SMILES string of the molecule is COc1ccc(Oc2cc(C)ncc2C(=O)O)cc1. The maximum absolute atomic E-state index is 11.1. The van der Waals surface area contributed by atoms with E-state index in [4.69, 9.17) is 14.6 Å². The van der Waals surface area contributed by atoms with E-state index >= 15 is 0 Å². The highest BCUT2D eigenvalue weighted by Gasteiger charge is 2.13. The van der Waals surface area contributed by atoms with E-state index < -0.39 is 5.97 Å². The fourth-order valence-corrected chi connectivity index (χ4v) is 1.55. The van der Waals surface area contributed by atoms with Crippen molar-refractivity contribution < 1.29 is 19.4 Å². The van der Waals surface area contributed by atoms with Gasteiger partial charge in [-0.1, -0.05) is 0 Å². The summed E-state index contributed by atoms with van der Waals surface area (Å²) in [5.74, 6) is 0.437. The molecule has 5 nitrogen and oxygen atoms in total. The summed E-state index contributed by atoms with van der Waals surface area (Å²) in [6, 6.07) is 8.49. The van der Waals surface area contributed by atoms with E-state index in [1.807, 2.05) is 0 Å². The summed E-state index contributed by atoms with van der Waals surface area (Å²) in [4.78, 5) is 15.0. The molecule has 1 aromatic heterocycles. The Hall–Kier alpha value is -2.56. The molecule has 0 radical (unpaired) electrons. The van der Waals surface area contributed by atoms with Gasteiger partial charge in [0.2, 0.25) is 0 Å². The zero-order valence-corrected chi connectivity index (χ0v) is 10.6. The summed E-state index contributed by atoms with van der Waals surface area (Å²) in [5, 5.41) is 9.08. The van der Waals surface area contributed by atoms with Gasteiger partial charge < -0.3 is 14.6 Å². The van der Waals surface area contributed by atoms with Crippen LogP contribution in [0, 0.1) is 6.92 Å². The lowest BCUT2D eigenvalue weighted by Crippen LogP contribution is -2.01. The third kappa shape index (κ3) is 3.01. The first-order chi connectivity index (χ1) is 9.10. The highest BCUT2D eigenvalue weighted by Crippen LogP contribution is 2.27. The van der Waals surface area contributed by atoms with E-state index in [-0.39, 0.29) is 11.3 Å². The lowest BCUT2D eigenvalue weighted by molar-refractivity contribution is 0.0693. The molecule has 19 heavy (non-hydrogen) atoms. The fourth-order valence-electron chi connectivity index (χ4n) is 1.55. The number of aromatic carboxylic acids is 1. The van der Waals surface area contributed by atoms with Crippen LogP contribution in [0.15, 0.2) is 36.5 Å². The smallest absolute Gasteiger partial charge is 0.341 e. The minimum Gasteiger partial charge on any atom is -0.497 e. The van der Waals surface area contributed by atoms with Crippen LogP contribution in [0.4, 0.5) is 0 Å². The predicted octanol–water partition coefficient (Wildman–Crippen LogP) is 2.89. The summed E-state index contributed by atoms with van der Waals surface area (Å²) >= 11 is 0. The minimum atomic E-state index is -1.07. The van der Waals surface area contributed by atoms with Gasteiger partial charge in [-0.3, -0.25) is 4.98 Å². The Balaban J connectivity index is 2.31. The molecule has 0 aliphatic heterocycles. The van der Waals surface area contributed by atoms with Gasteiger partial charge in [0.05, 0.1) is 7.11 Å². The van der Waals surface area contributed by atoms with Gasteiger partial charge in [0.15, 0.2) is 0 Å². The summed E-state index contributed by atoms with van der Waals surface area (Å²) in [5.41, 5.74) is 0.718.